The fourth-order valence-corrected chi connectivity index (χ4v) is 1.55. The summed E-state index contributed by atoms with van der Waals surface area (Å²) in [7, 11) is 4.01. The zero-order valence-electron chi connectivity index (χ0n) is 9.46. The van der Waals surface area contributed by atoms with Gasteiger partial charge in [-0.05, 0) is 42.5 Å². The second-order valence-corrected chi connectivity index (χ2v) is 4.66. The van der Waals surface area contributed by atoms with Gasteiger partial charge in [0.25, 0.3) is 0 Å². The van der Waals surface area contributed by atoms with Crippen LogP contribution in [-0.2, 0) is 0 Å². The highest BCUT2D eigenvalue weighted by Gasteiger charge is 2.06. The van der Waals surface area contributed by atoms with Crippen molar-refractivity contribution < 1.29 is 9.13 Å². The lowest BCUT2D eigenvalue weighted by Crippen LogP contribution is -2.15. The second-order valence-electron chi connectivity index (χ2n) is 3.81. The van der Waals surface area contributed by atoms with Gasteiger partial charge in [0.05, 0.1) is 16.8 Å². The molecule has 2 N–H and O–H groups in total. The lowest BCUT2D eigenvalue weighted by molar-refractivity contribution is 0.282. The number of nitrogen functional groups attached to an aromatic ring is 1. The minimum Gasteiger partial charge on any atom is -0.491 e. The van der Waals surface area contributed by atoms with E-state index in [9.17, 15) is 4.39 Å². The molecule has 0 bridgehead atoms. The summed E-state index contributed by atoms with van der Waals surface area (Å²) in [5.41, 5.74) is 5.96. The van der Waals surface area contributed by atoms with Crippen molar-refractivity contribution in [2.24, 2.45) is 0 Å². The maximum atomic E-state index is 13.1. The first-order valence-corrected chi connectivity index (χ1v) is 5.82. The molecule has 0 aliphatic carbocycles. The van der Waals surface area contributed by atoms with E-state index in [2.05, 4.69) is 20.8 Å². The lowest BCUT2D eigenvalue weighted by Gasteiger charge is -2.12. The van der Waals surface area contributed by atoms with Gasteiger partial charge < -0.3 is 15.4 Å². The minimum absolute atomic E-state index is 0.325. The van der Waals surface area contributed by atoms with E-state index in [1.54, 1.807) is 6.07 Å². The molecule has 0 unspecified atom stereocenters. The van der Waals surface area contributed by atoms with Crippen molar-refractivity contribution in [3.05, 3.63) is 22.4 Å². The van der Waals surface area contributed by atoms with Crippen molar-refractivity contribution in [3.63, 3.8) is 0 Å². The molecule has 0 aromatic heterocycles. The number of nitrogens with two attached hydrogens (primary N) is 1. The Kier molecular flexibility index (Phi) is 5.02. The van der Waals surface area contributed by atoms with Crippen LogP contribution in [-0.4, -0.2) is 32.1 Å². The van der Waals surface area contributed by atoms with Crippen LogP contribution in [0.25, 0.3) is 0 Å². The van der Waals surface area contributed by atoms with Crippen molar-refractivity contribution in [2.45, 2.75) is 6.42 Å². The molecule has 5 heteroatoms. The predicted molar refractivity (Wildman–Crippen MR) is 67.2 cm³/mol. The fourth-order valence-electron chi connectivity index (χ4n) is 1.23. The largest absolute Gasteiger partial charge is 0.491 e. The first-order chi connectivity index (χ1) is 7.50. The quantitative estimate of drug-likeness (QED) is 0.669. The Balaban J connectivity index is 2.51. The van der Waals surface area contributed by atoms with Crippen LogP contribution in [0.2, 0.25) is 0 Å². The molecule has 0 atom stereocenters. The van der Waals surface area contributed by atoms with Gasteiger partial charge in [0.1, 0.15) is 11.6 Å². The van der Waals surface area contributed by atoms with E-state index in [4.69, 9.17) is 10.5 Å². The van der Waals surface area contributed by atoms with E-state index in [-0.39, 0.29) is 5.82 Å². The van der Waals surface area contributed by atoms with E-state index in [1.807, 2.05) is 14.1 Å². The number of rotatable bonds is 5. The molecule has 0 amide bonds. The molecule has 0 fully saturated rings. The highest BCUT2D eigenvalue weighted by atomic mass is 79.9. The Labute approximate surface area is 104 Å². The standard InChI is InChI=1S/C11H16BrFN2O/c1-15(2)4-3-5-16-11-6-8(12)9(13)7-10(11)14/h6-7H,3-5,14H2,1-2H3. The SMILES string of the molecule is CN(C)CCCOc1cc(Br)c(F)cc1N. The predicted octanol–water partition coefficient (Wildman–Crippen LogP) is 2.50. The smallest absolute Gasteiger partial charge is 0.143 e. The van der Waals surface area contributed by atoms with E-state index >= 15 is 0 Å². The number of anilines is 1. The van der Waals surface area contributed by atoms with Crippen LogP contribution in [0.5, 0.6) is 5.75 Å². The zero-order chi connectivity index (χ0) is 12.1. The molecule has 0 heterocycles. The molecule has 0 saturated heterocycles. The van der Waals surface area contributed by atoms with Gasteiger partial charge in [-0.1, -0.05) is 0 Å². The van der Waals surface area contributed by atoms with E-state index < -0.39 is 0 Å². The molecular formula is C11H16BrFN2O. The van der Waals surface area contributed by atoms with Crippen molar-refractivity contribution in [2.75, 3.05) is 33.0 Å². The number of hydrogen-bond donors (Lipinski definition) is 1. The van der Waals surface area contributed by atoms with Crippen molar-refractivity contribution in [1.82, 2.24) is 4.90 Å². The van der Waals surface area contributed by atoms with Crippen molar-refractivity contribution in [3.8, 4) is 5.75 Å². The third-order valence-electron chi connectivity index (χ3n) is 2.06. The van der Waals surface area contributed by atoms with Gasteiger partial charge in [0, 0.05) is 12.6 Å². The first-order valence-electron chi connectivity index (χ1n) is 5.02. The Morgan fingerprint density at radius 2 is 2.12 bits per heavy atom. The van der Waals surface area contributed by atoms with Gasteiger partial charge in [0.15, 0.2) is 0 Å². The molecule has 0 saturated carbocycles. The number of hydrogen-bond acceptors (Lipinski definition) is 3. The molecule has 0 aliphatic rings. The molecule has 90 valence electrons. The fraction of sp³-hybridized carbons (Fsp3) is 0.455. The Hall–Kier alpha value is -0.810. The highest BCUT2D eigenvalue weighted by Crippen LogP contribution is 2.28. The van der Waals surface area contributed by atoms with Gasteiger partial charge in [-0.15, -0.1) is 0 Å². The Bertz CT molecular complexity index is 358. The molecule has 0 spiro atoms. The third kappa shape index (κ3) is 3.98. The molecule has 1 rings (SSSR count). The molecular weight excluding hydrogens is 275 g/mol. The molecule has 0 radical (unpaired) electrons. The summed E-state index contributed by atoms with van der Waals surface area (Å²) >= 11 is 3.09. The average Bonchev–Trinajstić information content (AvgIpc) is 2.19. The average molecular weight is 291 g/mol. The highest BCUT2D eigenvalue weighted by molar-refractivity contribution is 9.10. The number of ether oxygens (including phenoxy) is 1. The van der Waals surface area contributed by atoms with Gasteiger partial charge in [-0.25, -0.2) is 4.39 Å². The monoisotopic (exact) mass is 290 g/mol. The number of halogens is 2. The Morgan fingerprint density at radius 3 is 2.75 bits per heavy atom. The molecule has 16 heavy (non-hydrogen) atoms. The van der Waals surface area contributed by atoms with E-state index in [0.29, 0.717) is 22.5 Å². The van der Waals surface area contributed by atoms with Crippen LogP contribution in [0.15, 0.2) is 16.6 Å². The third-order valence-corrected chi connectivity index (χ3v) is 2.67. The van der Waals surface area contributed by atoms with Gasteiger partial charge >= 0.3 is 0 Å². The molecule has 1 aromatic carbocycles. The second kappa shape index (κ2) is 6.06. The summed E-state index contributed by atoms with van der Waals surface area (Å²) < 4.78 is 18.9. The topological polar surface area (TPSA) is 38.5 Å². The summed E-state index contributed by atoms with van der Waals surface area (Å²) in [4.78, 5) is 2.08. The zero-order valence-corrected chi connectivity index (χ0v) is 11.1. The maximum Gasteiger partial charge on any atom is 0.143 e. The minimum atomic E-state index is -0.377. The van der Waals surface area contributed by atoms with Crippen LogP contribution in [0.4, 0.5) is 10.1 Å². The summed E-state index contributed by atoms with van der Waals surface area (Å²) in [5.74, 6) is 0.144. The maximum absolute atomic E-state index is 13.1. The summed E-state index contributed by atoms with van der Waals surface area (Å²) in [6, 6.07) is 2.81. The normalized spacial score (nSPS) is 10.8. The van der Waals surface area contributed by atoms with E-state index in [0.717, 1.165) is 13.0 Å². The van der Waals surface area contributed by atoms with Crippen molar-refractivity contribution >= 4 is 21.6 Å². The molecule has 3 nitrogen and oxygen atoms in total. The number of nitrogens with zero attached hydrogens (tertiary/aromatic N) is 1. The van der Waals surface area contributed by atoms with Gasteiger partial charge in [0.2, 0.25) is 0 Å². The van der Waals surface area contributed by atoms with Crippen LogP contribution < -0.4 is 10.5 Å². The number of benzene rings is 1. The lowest BCUT2D eigenvalue weighted by atomic mass is 10.3. The summed E-state index contributed by atoms with van der Waals surface area (Å²) in [6.07, 6.45) is 0.904. The van der Waals surface area contributed by atoms with Crippen LogP contribution >= 0.6 is 15.9 Å². The van der Waals surface area contributed by atoms with Crippen LogP contribution in [0.1, 0.15) is 6.42 Å². The van der Waals surface area contributed by atoms with Crippen LogP contribution in [0.3, 0.4) is 0 Å². The Morgan fingerprint density at radius 1 is 1.44 bits per heavy atom. The van der Waals surface area contributed by atoms with Gasteiger partial charge in [-0.2, -0.15) is 0 Å². The molecule has 0 aliphatic heterocycles. The summed E-state index contributed by atoms with van der Waals surface area (Å²) in [5, 5.41) is 0. The van der Waals surface area contributed by atoms with Gasteiger partial charge in [-0.3, -0.25) is 0 Å². The van der Waals surface area contributed by atoms with Crippen molar-refractivity contribution in [1.29, 1.82) is 0 Å². The first kappa shape index (κ1) is 13.3. The summed E-state index contributed by atoms with van der Waals surface area (Å²) in [6.45, 7) is 1.52. The van der Waals surface area contributed by atoms with Crippen LogP contribution in [0, 0.1) is 5.82 Å². The molecule has 1 aromatic rings. The van der Waals surface area contributed by atoms with E-state index in [1.165, 1.54) is 6.07 Å².